The average molecular weight is 602 g/mol. The molecule has 7 aromatic carbocycles. The van der Waals surface area contributed by atoms with E-state index < -0.39 is 5.41 Å². The number of fused-ring (bicyclic) bond motifs is 14. The minimum Gasteiger partial charge on any atom is -0.455 e. The average Bonchev–Trinajstić information content (AvgIpc) is 3.74. The molecule has 0 saturated heterocycles. The minimum atomic E-state index is -0.482. The molecule has 2 aliphatic carbocycles. The summed E-state index contributed by atoms with van der Waals surface area (Å²) in [6.45, 7) is 4.42. The van der Waals surface area contributed by atoms with E-state index in [0.29, 0.717) is 0 Å². The van der Waals surface area contributed by atoms with E-state index in [4.69, 9.17) is 4.42 Å². The van der Waals surface area contributed by atoms with Crippen LogP contribution in [0.15, 0.2) is 156 Å². The lowest BCUT2D eigenvalue weighted by Gasteiger charge is -2.33. The molecule has 0 bridgehead atoms. The molecular weight excluding hydrogens is 571 g/mol. The number of nitrogens with zero attached hydrogens (tertiary/aromatic N) is 1. The van der Waals surface area contributed by atoms with Gasteiger partial charge < -0.3 is 9.32 Å². The number of hydrogen-bond acceptors (Lipinski definition) is 2. The maximum Gasteiger partial charge on any atom is 0.145 e. The molecule has 0 amide bonds. The minimum absolute atomic E-state index is 0.482. The Bertz CT molecular complexity index is 2480. The highest BCUT2D eigenvalue weighted by Crippen LogP contribution is 2.65. The Labute approximate surface area is 274 Å². The molecule has 1 aromatic heterocycles. The third-order valence-electron chi connectivity index (χ3n) is 10.5. The van der Waals surface area contributed by atoms with Crippen LogP contribution in [0, 0.1) is 13.8 Å². The van der Waals surface area contributed by atoms with Gasteiger partial charge in [-0.15, -0.1) is 0 Å². The first-order chi connectivity index (χ1) is 23.2. The molecule has 1 heterocycles. The highest BCUT2D eigenvalue weighted by molar-refractivity contribution is 6.19. The van der Waals surface area contributed by atoms with Crippen molar-refractivity contribution in [3.05, 3.63) is 185 Å². The van der Waals surface area contributed by atoms with Crippen LogP contribution < -0.4 is 4.90 Å². The number of para-hydroxylation sites is 3. The number of rotatable bonds is 3. The fourth-order valence-electron chi connectivity index (χ4n) is 8.63. The van der Waals surface area contributed by atoms with E-state index in [1.54, 1.807) is 0 Å². The first-order valence-electron chi connectivity index (χ1n) is 16.4. The van der Waals surface area contributed by atoms with Gasteiger partial charge in [0.25, 0.3) is 0 Å². The van der Waals surface area contributed by atoms with Gasteiger partial charge in [-0.3, -0.25) is 0 Å². The van der Waals surface area contributed by atoms with Crippen LogP contribution >= 0.6 is 0 Å². The predicted octanol–water partition coefficient (Wildman–Crippen LogP) is 12.0. The zero-order valence-corrected chi connectivity index (χ0v) is 26.3. The standard InChI is InChI=1S/C45H31NO/c1-28-15-3-12-24-38(28)46(39-25-13-4-16-29(39)2)40-27-37-42(44-43(40)33-20-8-14-26-41(33)47-44)32-19-7-11-23-36(32)45(37)34-21-9-5-17-30(34)31-18-6-10-22-35(31)45/h3-27H,1-2H3. The van der Waals surface area contributed by atoms with E-state index in [-0.39, 0.29) is 0 Å². The SMILES string of the molecule is Cc1ccccc1N(c1ccccc1C)c1cc2c(c3oc4ccccc4c13)-c1ccccc1C21c2ccccc2-c2ccccc21. The van der Waals surface area contributed by atoms with Crippen LogP contribution in [0.2, 0.25) is 0 Å². The Kier molecular flexibility index (Phi) is 5.37. The molecule has 2 heteroatoms. The molecule has 47 heavy (non-hydrogen) atoms. The van der Waals surface area contributed by atoms with Crippen molar-refractivity contribution in [2.75, 3.05) is 4.90 Å². The molecule has 1 spiro atoms. The van der Waals surface area contributed by atoms with Crippen molar-refractivity contribution >= 4 is 39.0 Å². The van der Waals surface area contributed by atoms with Gasteiger partial charge in [0, 0.05) is 22.3 Å². The fourth-order valence-corrected chi connectivity index (χ4v) is 8.63. The summed E-state index contributed by atoms with van der Waals surface area (Å²) >= 11 is 0. The molecule has 0 saturated carbocycles. The van der Waals surface area contributed by atoms with Crippen LogP contribution in [0.5, 0.6) is 0 Å². The van der Waals surface area contributed by atoms with Gasteiger partial charge in [0.2, 0.25) is 0 Å². The van der Waals surface area contributed by atoms with Crippen molar-refractivity contribution in [3.63, 3.8) is 0 Å². The van der Waals surface area contributed by atoms with E-state index in [0.717, 1.165) is 39.0 Å². The summed E-state index contributed by atoms with van der Waals surface area (Å²) in [6.07, 6.45) is 0. The van der Waals surface area contributed by atoms with Gasteiger partial charge in [-0.05, 0) is 88.2 Å². The third-order valence-corrected chi connectivity index (χ3v) is 10.5. The second kappa shape index (κ2) is 9.57. The molecule has 0 fully saturated rings. The number of furan rings is 1. The molecule has 0 unspecified atom stereocenters. The van der Waals surface area contributed by atoms with Crippen molar-refractivity contribution in [1.82, 2.24) is 0 Å². The van der Waals surface area contributed by atoms with E-state index in [1.807, 2.05) is 0 Å². The summed E-state index contributed by atoms with van der Waals surface area (Å²) in [4.78, 5) is 2.47. The topological polar surface area (TPSA) is 16.4 Å². The Morgan fingerprint density at radius 1 is 0.468 bits per heavy atom. The largest absolute Gasteiger partial charge is 0.455 e. The summed E-state index contributed by atoms with van der Waals surface area (Å²) in [6, 6.07) is 55.4. The van der Waals surface area contributed by atoms with Crippen molar-refractivity contribution in [1.29, 1.82) is 0 Å². The zero-order valence-electron chi connectivity index (χ0n) is 26.3. The van der Waals surface area contributed by atoms with Crippen LogP contribution in [0.4, 0.5) is 17.1 Å². The lowest BCUT2D eigenvalue weighted by Crippen LogP contribution is -2.26. The molecule has 2 nitrogen and oxygen atoms in total. The first kappa shape index (κ1) is 26.4. The van der Waals surface area contributed by atoms with Crippen LogP contribution in [0.1, 0.15) is 33.4 Å². The maximum absolute atomic E-state index is 7.03. The van der Waals surface area contributed by atoms with Crippen molar-refractivity contribution in [2.45, 2.75) is 19.3 Å². The molecule has 2 aliphatic rings. The molecular formula is C45H31NO. The van der Waals surface area contributed by atoms with Gasteiger partial charge in [-0.1, -0.05) is 127 Å². The lowest BCUT2D eigenvalue weighted by atomic mass is 9.70. The second-order valence-corrected chi connectivity index (χ2v) is 12.9. The van der Waals surface area contributed by atoms with Gasteiger partial charge in [0.15, 0.2) is 0 Å². The first-order valence-corrected chi connectivity index (χ1v) is 16.4. The highest BCUT2D eigenvalue weighted by Gasteiger charge is 2.53. The third kappa shape index (κ3) is 3.34. The molecule has 0 radical (unpaired) electrons. The van der Waals surface area contributed by atoms with E-state index in [1.165, 1.54) is 55.6 Å². The number of anilines is 3. The Balaban J connectivity index is 1.44. The van der Waals surface area contributed by atoms with Gasteiger partial charge in [-0.2, -0.15) is 0 Å². The molecule has 10 rings (SSSR count). The maximum atomic E-state index is 7.03. The Morgan fingerprint density at radius 2 is 0.957 bits per heavy atom. The van der Waals surface area contributed by atoms with Crippen LogP contribution in [-0.4, -0.2) is 0 Å². The second-order valence-electron chi connectivity index (χ2n) is 12.9. The number of benzene rings is 7. The molecule has 0 aliphatic heterocycles. The van der Waals surface area contributed by atoms with Crippen LogP contribution in [0.25, 0.3) is 44.2 Å². The number of aryl methyl sites for hydroxylation is 2. The van der Waals surface area contributed by atoms with Crippen molar-refractivity contribution in [2.24, 2.45) is 0 Å². The lowest BCUT2D eigenvalue weighted by molar-refractivity contribution is 0.669. The summed E-state index contributed by atoms with van der Waals surface area (Å²) in [5, 5.41) is 2.26. The molecule has 8 aromatic rings. The normalized spacial score (nSPS) is 13.5. The van der Waals surface area contributed by atoms with Gasteiger partial charge in [0.1, 0.15) is 11.2 Å². The molecule has 222 valence electrons. The Hall–Kier alpha value is -5.86. The molecule has 0 atom stereocenters. The quantitative estimate of drug-likeness (QED) is 0.200. The van der Waals surface area contributed by atoms with Gasteiger partial charge in [0.05, 0.1) is 16.5 Å². The van der Waals surface area contributed by atoms with Gasteiger partial charge in [-0.25, -0.2) is 0 Å². The summed E-state index contributed by atoms with van der Waals surface area (Å²) < 4.78 is 7.03. The van der Waals surface area contributed by atoms with Crippen molar-refractivity contribution in [3.8, 4) is 22.3 Å². The highest BCUT2D eigenvalue weighted by atomic mass is 16.3. The van der Waals surface area contributed by atoms with E-state index in [2.05, 4.69) is 170 Å². The van der Waals surface area contributed by atoms with Crippen LogP contribution in [-0.2, 0) is 5.41 Å². The monoisotopic (exact) mass is 601 g/mol. The Morgan fingerprint density at radius 3 is 1.57 bits per heavy atom. The van der Waals surface area contributed by atoms with E-state index in [9.17, 15) is 0 Å². The van der Waals surface area contributed by atoms with E-state index >= 15 is 0 Å². The number of hydrogen-bond donors (Lipinski definition) is 0. The summed E-state index contributed by atoms with van der Waals surface area (Å²) in [5.74, 6) is 0. The van der Waals surface area contributed by atoms with Crippen molar-refractivity contribution < 1.29 is 4.42 Å². The summed E-state index contributed by atoms with van der Waals surface area (Å²) in [7, 11) is 0. The predicted molar refractivity (Wildman–Crippen MR) is 194 cm³/mol. The smallest absolute Gasteiger partial charge is 0.145 e. The zero-order chi connectivity index (χ0) is 31.3. The van der Waals surface area contributed by atoms with Gasteiger partial charge >= 0.3 is 0 Å². The van der Waals surface area contributed by atoms with Crippen LogP contribution in [0.3, 0.4) is 0 Å². The molecule has 0 N–H and O–H groups in total. The summed E-state index contributed by atoms with van der Waals surface area (Å²) in [5.41, 5.74) is 17.5. The fraction of sp³-hybridized carbons (Fsp3) is 0.0667.